The van der Waals surface area contributed by atoms with Crippen LogP contribution in [0, 0.1) is 0 Å². The molecule has 1 rings (SSSR count). The summed E-state index contributed by atoms with van der Waals surface area (Å²) in [5.74, 6) is 0.153. The lowest BCUT2D eigenvalue weighted by Crippen LogP contribution is -2.06. The minimum atomic E-state index is 0.153. The van der Waals surface area contributed by atoms with Crippen LogP contribution in [0.5, 0.6) is 0 Å². The summed E-state index contributed by atoms with van der Waals surface area (Å²) in [5.41, 5.74) is 3.17. The van der Waals surface area contributed by atoms with E-state index >= 15 is 0 Å². The number of carbonyl (C=O) groups is 1. The number of ketones is 1. The Morgan fingerprint density at radius 2 is 1.94 bits per heavy atom. The molecule has 0 atom stereocenters. The van der Waals surface area contributed by atoms with Gasteiger partial charge in [-0.1, -0.05) is 26.3 Å². The molecule has 0 bridgehead atoms. The second kappa shape index (κ2) is 6.88. The maximum Gasteiger partial charge on any atom is 0.161 e. The van der Waals surface area contributed by atoms with Gasteiger partial charge in [-0.2, -0.15) is 5.10 Å². The van der Waals surface area contributed by atoms with Gasteiger partial charge in [0.25, 0.3) is 0 Å². The molecule has 1 heterocycles. The van der Waals surface area contributed by atoms with Crippen molar-refractivity contribution < 1.29 is 4.79 Å². The van der Waals surface area contributed by atoms with E-state index in [2.05, 4.69) is 41.8 Å². The fraction of sp³-hybridized carbons (Fsp3) is 0.571. The van der Waals surface area contributed by atoms with Crippen LogP contribution in [0.25, 0.3) is 0 Å². The first-order valence-electron chi connectivity index (χ1n) is 6.45. The number of halogens is 1. The molecule has 0 aliphatic rings. The van der Waals surface area contributed by atoms with Crippen molar-refractivity contribution in [1.29, 1.82) is 0 Å². The first-order chi connectivity index (χ1) is 8.53. The Morgan fingerprint density at radius 1 is 1.33 bits per heavy atom. The van der Waals surface area contributed by atoms with E-state index in [0.717, 1.165) is 35.1 Å². The smallest absolute Gasteiger partial charge is 0.161 e. The third-order valence-electron chi connectivity index (χ3n) is 3.12. The van der Waals surface area contributed by atoms with E-state index in [9.17, 15) is 4.79 Å². The van der Waals surface area contributed by atoms with Crippen LogP contribution in [0.2, 0.25) is 0 Å². The summed E-state index contributed by atoms with van der Waals surface area (Å²) in [6.45, 7) is 6.22. The summed E-state index contributed by atoms with van der Waals surface area (Å²) < 4.78 is 2.77. The molecule has 0 aliphatic carbocycles. The van der Waals surface area contributed by atoms with Crippen molar-refractivity contribution in [2.24, 2.45) is 7.05 Å². The van der Waals surface area contributed by atoms with Gasteiger partial charge in [0.1, 0.15) is 0 Å². The Hall–Kier alpha value is -0.900. The van der Waals surface area contributed by atoms with Gasteiger partial charge in [0, 0.05) is 7.05 Å². The maximum absolute atomic E-state index is 12.0. The van der Waals surface area contributed by atoms with E-state index in [-0.39, 0.29) is 5.78 Å². The van der Waals surface area contributed by atoms with E-state index < -0.39 is 0 Å². The van der Waals surface area contributed by atoms with Gasteiger partial charge in [-0.25, -0.2) is 0 Å². The Morgan fingerprint density at radius 3 is 2.39 bits per heavy atom. The molecule has 0 saturated carbocycles. The van der Waals surface area contributed by atoms with Crippen LogP contribution in [-0.2, 0) is 24.7 Å². The van der Waals surface area contributed by atoms with Crippen molar-refractivity contribution in [1.82, 2.24) is 9.78 Å². The number of rotatable bonds is 6. The van der Waals surface area contributed by atoms with Gasteiger partial charge in [-0.15, -0.1) is 0 Å². The van der Waals surface area contributed by atoms with Crippen LogP contribution < -0.4 is 0 Å². The highest BCUT2D eigenvalue weighted by molar-refractivity contribution is 9.10. The molecule has 0 fully saturated rings. The van der Waals surface area contributed by atoms with Crippen LogP contribution in [0.4, 0.5) is 0 Å². The van der Waals surface area contributed by atoms with Gasteiger partial charge < -0.3 is 0 Å². The first-order valence-corrected chi connectivity index (χ1v) is 7.25. The Kier molecular flexibility index (Phi) is 5.79. The summed E-state index contributed by atoms with van der Waals surface area (Å²) >= 11 is 3.53. The molecule has 0 aromatic carbocycles. The number of hydrogen-bond donors (Lipinski definition) is 0. The van der Waals surface area contributed by atoms with Crippen LogP contribution in [0.15, 0.2) is 16.1 Å². The largest absolute Gasteiger partial charge is 0.294 e. The standard InChI is InChI=1S/C14H21BrN2O/c1-5-10(6-2)8-11(18)9-13-14(15)12(7-3)16-17(13)4/h8H,5-7,9H2,1-4H3. The van der Waals surface area contributed by atoms with Crippen LogP contribution in [0.1, 0.15) is 45.0 Å². The minimum Gasteiger partial charge on any atom is -0.294 e. The number of hydrogen-bond acceptors (Lipinski definition) is 2. The number of nitrogens with zero attached hydrogens (tertiary/aromatic N) is 2. The molecule has 0 amide bonds. The van der Waals surface area contributed by atoms with Gasteiger partial charge in [-0.05, 0) is 41.3 Å². The zero-order chi connectivity index (χ0) is 13.7. The van der Waals surface area contributed by atoms with Crippen LogP contribution in [0.3, 0.4) is 0 Å². The normalized spacial score (nSPS) is 10.5. The van der Waals surface area contributed by atoms with Gasteiger partial charge in [0.15, 0.2) is 5.78 Å². The van der Waals surface area contributed by atoms with Crippen molar-refractivity contribution in [2.45, 2.75) is 46.5 Å². The van der Waals surface area contributed by atoms with E-state index in [0.29, 0.717) is 6.42 Å². The Bertz CT molecular complexity index is 455. The van der Waals surface area contributed by atoms with Gasteiger partial charge >= 0.3 is 0 Å². The number of aromatic nitrogens is 2. The second-order valence-corrected chi connectivity index (χ2v) is 5.13. The quantitative estimate of drug-likeness (QED) is 0.752. The summed E-state index contributed by atoms with van der Waals surface area (Å²) in [7, 11) is 1.89. The van der Waals surface area contributed by atoms with E-state index in [1.54, 1.807) is 10.8 Å². The topological polar surface area (TPSA) is 34.9 Å². The van der Waals surface area contributed by atoms with E-state index in [1.807, 2.05) is 7.05 Å². The highest BCUT2D eigenvalue weighted by Gasteiger charge is 2.14. The summed E-state index contributed by atoms with van der Waals surface area (Å²) in [4.78, 5) is 12.0. The molecule has 1 aromatic rings. The molecule has 0 unspecified atom stereocenters. The molecular weight excluding hydrogens is 292 g/mol. The molecule has 0 N–H and O–H groups in total. The lowest BCUT2D eigenvalue weighted by atomic mass is 10.1. The molecule has 0 radical (unpaired) electrons. The van der Waals surface area contributed by atoms with E-state index in [1.165, 1.54) is 5.57 Å². The SMILES string of the molecule is CCC(=CC(=O)Cc1c(Br)c(CC)nn1C)CC. The predicted molar refractivity (Wildman–Crippen MR) is 77.7 cm³/mol. The monoisotopic (exact) mass is 312 g/mol. The highest BCUT2D eigenvalue weighted by atomic mass is 79.9. The third kappa shape index (κ3) is 3.55. The fourth-order valence-electron chi connectivity index (χ4n) is 1.91. The van der Waals surface area contributed by atoms with E-state index in [4.69, 9.17) is 0 Å². The van der Waals surface area contributed by atoms with Crippen molar-refractivity contribution in [3.05, 3.63) is 27.5 Å². The molecule has 18 heavy (non-hydrogen) atoms. The molecule has 1 aromatic heterocycles. The van der Waals surface area contributed by atoms with Gasteiger partial charge in [0.2, 0.25) is 0 Å². The minimum absolute atomic E-state index is 0.153. The van der Waals surface area contributed by atoms with Gasteiger partial charge in [-0.3, -0.25) is 9.48 Å². The van der Waals surface area contributed by atoms with Gasteiger partial charge in [0.05, 0.1) is 22.3 Å². The average Bonchev–Trinajstić information content (AvgIpc) is 2.63. The number of carbonyl (C=O) groups excluding carboxylic acids is 1. The lowest BCUT2D eigenvalue weighted by molar-refractivity contribution is -0.114. The van der Waals surface area contributed by atoms with Crippen LogP contribution in [-0.4, -0.2) is 15.6 Å². The summed E-state index contributed by atoms with van der Waals surface area (Å²) in [5, 5.41) is 4.40. The molecule has 100 valence electrons. The number of aryl methyl sites for hydroxylation is 2. The van der Waals surface area contributed by atoms with Crippen molar-refractivity contribution >= 4 is 21.7 Å². The fourth-order valence-corrected chi connectivity index (χ4v) is 2.67. The second-order valence-electron chi connectivity index (χ2n) is 4.34. The molecule has 4 heteroatoms. The summed E-state index contributed by atoms with van der Waals surface area (Å²) in [6.07, 6.45) is 4.94. The zero-order valence-electron chi connectivity index (χ0n) is 11.6. The lowest BCUT2D eigenvalue weighted by Gasteiger charge is -2.02. The van der Waals surface area contributed by atoms with Crippen LogP contribution >= 0.6 is 15.9 Å². The number of allylic oxidation sites excluding steroid dienone is 2. The van der Waals surface area contributed by atoms with Crippen molar-refractivity contribution in [3.63, 3.8) is 0 Å². The summed E-state index contributed by atoms with van der Waals surface area (Å²) in [6, 6.07) is 0. The Labute approximate surface area is 117 Å². The average molecular weight is 313 g/mol. The first kappa shape index (κ1) is 15.2. The molecule has 0 aliphatic heterocycles. The molecule has 3 nitrogen and oxygen atoms in total. The third-order valence-corrected chi connectivity index (χ3v) is 4.03. The molecule has 0 spiro atoms. The molecular formula is C14H21BrN2O. The van der Waals surface area contributed by atoms with Crippen molar-refractivity contribution in [2.75, 3.05) is 0 Å². The van der Waals surface area contributed by atoms with Crippen molar-refractivity contribution in [3.8, 4) is 0 Å². The predicted octanol–water partition coefficient (Wildman–Crippen LogP) is 3.60. The zero-order valence-corrected chi connectivity index (χ0v) is 13.2. The highest BCUT2D eigenvalue weighted by Crippen LogP contribution is 2.22. The molecule has 0 saturated heterocycles. The maximum atomic E-state index is 12.0. The Balaban J connectivity index is 2.88.